The third kappa shape index (κ3) is 4.36. The van der Waals surface area contributed by atoms with Crippen LogP contribution in [0.5, 0.6) is 0 Å². The average Bonchev–Trinajstić information content (AvgIpc) is 3.32. The molecule has 0 bridgehead atoms. The van der Waals surface area contributed by atoms with Crippen molar-refractivity contribution < 1.29 is 18.4 Å². The molecule has 0 saturated carbocycles. The van der Waals surface area contributed by atoms with Crippen LogP contribution in [0.3, 0.4) is 0 Å². The highest BCUT2D eigenvalue weighted by molar-refractivity contribution is 6.36. The molecule has 2 aliphatic heterocycles. The molecule has 1 saturated heterocycles. The number of amides is 2. The maximum absolute atomic E-state index is 15.0. The summed E-state index contributed by atoms with van der Waals surface area (Å²) in [4.78, 5) is 29.2. The predicted molar refractivity (Wildman–Crippen MR) is 130 cm³/mol. The summed E-state index contributed by atoms with van der Waals surface area (Å²) >= 11 is 6.08. The molecule has 1 fully saturated rings. The summed E-state index contributed by atoms with van der Waals surface area (Å²) in [6.45, 7) is 3.02. The number of carbonyl (C=O) groups is 2. The highest BCUT2D eigenvalue weighted by atomic mass is 35.5. The van der Waals surface area contributed by atoms with Crippen LogP contribution in [-0.4, -0.2) is 54.8 Å². The first-order valence-electron chi connectivity index (χ1n) is 11.1. The number of likely N-dealkylation sites (N-methyl/N-ethyl adjacent to an activating group) is 1. The number of fused-ring (bicyclic) bond motifs is 1. The Hall–Kier alpha value is -3.42. The van der Waals surface area contributed by atoms with Crippen LogP contribution in [0.1, 0.15) is 28.1 Å². The summed E-state index contributed by atoms with van der Waals surface area (Å²) in [5.74, 6) is -0.257. The van der Waals surface area contributed by atoms with Gasteiger partial charge in [-0.15, -0.1) is 0 Å². The monoisotopic (exact) mass is 479 g/mol. The largest absolute Gasteiger partial charge is 0.457 e. The van der Waals surface area contributed by atoms with Gasteiger partial charge >= 0.3 is 0 Å². The normalized spacial score (nSPS) is 17.6. The van der Waals surface area contributed by atoms with Crippen molar-refractivity contribution in [3.8, 4) is 11.3 Å². The van der Waals surface area contributed by atoms with Gasteiger partial charge in [0, 0.05) is 41.5 Å². The molecule has 174 valence electrons. The second-order valence-electron chi connectivity index (χ2n) is 8.55. The van der Waals surface area contributed by atoms with Crippen molar-refractivity contribution in [2.45, 2.75) is 6.42 Å². The van der Waals surface area contributed by atoms with Gasteiger partial charge < -0.3 is 19.5 Å². The molecule has 6 nitrogen and oxygen atoms in total. The molecule has 0 aliphatic carbocycles. The first kappa shape index (κ1) is 22.4. The van der Waals surface area contributed by atoms with Gasteiger partial charge in [-0.05, 0) is 74.6 Å². The van der Waals surface area contributed by atoms with Crippen LogP contribution in [0, 0.1) is 5.82 Å². The Morgan fingerprint density at radius 1 is 1.06 bits per heavy atom. The second kappa shape index (κ2) is 9.08. The fourth-order valence-electron chi connectivity index (χ4n) is 4.30. The summed E-state index contributed by atoms with van der Waals surface area (Å²) < 4.78 is 20.8. The maximum Gasteiger partial charge on any atom is 0.256 e. The van der Waals surface area contributed by atoms with Crippen molar-refractivity contribution in [2.24, 2.45) is 0 Å². The molecule has 1 N–H and O–H groups in total. The Labute approximate surface area is 201 Å². The van der Waals surface area contributed by atoms with Crippen molar-refractivity contribution in [3.63, 3.8) is 0 Å². The molecule has 3 aromatic rings. The van der Waals surface area contributed by atoms with E-state index in [4.69, 9.17) is 16.0 Å². The van der Waals surface area contributed by atoms with E-state index in [1.54, 1.807) is 53.4 Å². The molecule has 2 aromatic carbocycles. The second-order valence-corrected chi connectivity index (χ2v) is 8.98. The minimum atomic E-state index is -0.540. The lowest BCUT2D eigenvalue weighted by Crippen LogP contribution is -2.34. The summed E-state index contributed by atoms with van der Waals surface area (Å²) in [5.41, 5.74) is 2.34. The van der Waals surface area contributed by atoms with Crippen molar-refractivity contribution >= 4 is 40.8 Å². The number of hydrogen-bond acceptors (Lipinski definition) is 4. The van der Waals surface area contributed by atoms with E-state index in [9.17, 15) is 14.0 Å². The number of benzene rings is 2. The molecule has 2 aliphatic rings. The van der Waals surface area contributed by atoms with Crippen molar-refractivity contribution in [2.75, 3.05) is 38.5 Å². The number of carbonyl (C=O) groups excluding carboxylic acids is 2. The van der Waals surface area contributed by atoms with E-state index < -0.39 is 5.82 Å². The van der Waals surface area contributed by atoms with Crippen LogP contribution in [0.2, 0.25) is 5.02 Å². The van der Waals surface area contributed by atoms with Crippen LogP contribution in [0.4, 0.5) is 10.1 Å². The SMILES string of the molecule is CN1CCCN(C(=O)c2ccc(-c3ccc(/C=C4\C(=O)Nc5ccc(Cl)cc54)o3)c(F)c2)CC1. The first-order valence-corrected chi connectivity index (χ1v) is 11.5. The molecule has 0 spiro atoms. The lowest BCUT2D eigenvalue weighted by molar-refractivity contribution is -0.110. The molecule has 2 amide bonds. The molecule has 0 unspecified atom stereocenters. The van der Waals surface area contributed by atoms with Crippen LogP contribution >= 0.6 is 11.6 Å². The van der Waals surface area contributed by atoms with Gasteiger partial charge in [-0.1, -0.05) is 11.6 Å². The van der Waals surface area contributed by atoms with Crippen LogP contribution in [0.25, 0.3) is 23.0 Å². The fraction of sp³-hybridized carbons (Fsp3) is 0.231. The lowest BCUT2D eigenvalue weighted by atomic mass is 10.1. The minimum absolute atomic E-state index is 0.171. The highest BCUT2D eigenvalue weighted by Crippen LogP contribution is 2.36. The van der Waals surface area contributed by atoms with Gasteiger partial charge in [0.2, 0.25) is 0 Å². The zero-order chi connectivity index (χ0) is 23.8. The molecule has 8 heteroatoms. The van der Waals surface area contributed by atoms with Crippen LogP contribution < -0.4 is 5.32 Å². The van der Waals surface area contributed by atoms with E-state index in [2.05, 4.69) is 10.2 Å². The minimum Gasteiger partial charge on any atom is -0.457 e. The van der Waals surface area contributed by atoms with E-state index >= 15 is 0 Å². The van der Waals surface area contributed by atoms with E-state index in [0.717, 1.165) is 19.5 Å². The fourth-order valence-corrected chi connectivity index (χ4v) is 4.47. The van der Waals surface area contributed by atoms with Crippen molar-refractivity contribution in [3.05, 3.63) is 76.3 Å². The smallest absolute Gasteiger partial charge is 0.256 e. The summed E-state index contributed by atoms with van der Waals surface area (Å²) in [6.07, 6.45) is 2.50. The predicted octanol–water partition coefficient (Wildman–Crippen LogP) is 5.01. The highest BCUT2D eigenvalue weighted by Gasteiger charge is 2.25. The Morgan fingerprint density at radius 3 is 2.74 bits per heavy atom. The third-order valence-electron chi connectivity index (χ3n) is 6.17. The number of nitrogens with one attached hydrogen (secondary N) is 1. The van der Waals surface area contributed by atoms with Gasteiger partial charge in [-0.2, -0.15) is 0 Å². The van der Waals surface area contributed by atoms with Gasteiger partial charge in [-0.3, -0.25) is 9.59 Å². The van der Waals surface area contributed by atoms with E-state index in [1.807, 2.05) is 7.05 Å². The number of hydrogen-bond donors (Lipinski definition) is 1. The van der Waals surface area contributed by atoms with Crippen LogP contribution in [-0.2, 0) is 4.79 Å². The van der Waals surface area contributed by atoms with Crippen molar-refractivity contribution in [1.29, 1.82) is 0 Å². The Bertz CT molecular complexity index is 1320. The molecule has 5 rings (SSSR count). The topological polar surface area (TPSA) is 65.8 Å². The molecular formula is C26H23ClFN3O3. The van der Waals surface area contributed by atoms with Crippen molar-refractivity contribution in [1.82, 2.24) is 9.80 Å². The lowest BCUT2D eigenvalue weighted by Gasteiger charge is -2.20. The van der Waals surface area contributed by atoms with Crippen LogP contribution in [0.15, 0.2) is 52.9 Å². The standard InChI is InChI=1S/C26H23ClFN3O3/c1-30-9-2-10-31(12-11-30)26(33)16-3-6-19(22(28)13-16)24-8-5-18(34-24)15-21-20-14-17(27)4-7-23(20)29-25(21)32/h3-8,13-15H,2,9-12H2,1H3,(H,29,32)/b21-15-. The summed E-state index contributed by atoms with van der Waals surface area (Å²) in [7, 11) is 2.03. The molecule has 1 aromatic heterocycles. The number of rotatable bonds is 3. The Morgan fingerprint density at radius 2 is 1.91 bits per heavy atom. The Kier molecular flexibility index (Phi) is 5.98. The number of furan rings is 1. The van der Waals surface area contributed by atoms with E-state index in [1.165, 1.54) is 6.07 Å². The molecular weight excluding hydrogens is 457 g/mol. The average molecular weight is 480 g/mol. The number of anilines is 1. The summed E-state index contributed by atoms with van der Waals surface area (Å²) in [5, 5.41) is 3.31. The molecule has 0 atom stereocenters. The third-order valence-corrected chi connectivity index (χ3v) is 6.40. The zero-order valence-electron chi connectivity index (χ0n) is 18.6. The number of nitrogens with zero attached hydrogens (tertiary/aromatic N) is 2. The van der Waals surface area contributed by atoms with Gasteiger partial charge in [0.1, 0.15) is 17.3 Å². The van der Waals surface area contributed by atoms with Gasteiger partial charge in [-0.25, -0.2) is 4.39 Å². The van der Waals surface area contributed by atoms with Gasteiger partial charge in [0.05, 0.1) is 11.1 Å². The molecule has 3 heterocycles. The maximum atomic E-state index is 15.0. The van der Waals surface area contributed by atoms with Gasteiger partial charge in [0.15, 0.2) is 0 Å². The quantitative estimate of drug-likeness (QED) is 0.536. The zero-order valence-corrected chi connectivity index (χ0v) is 19.4. The molecule has 0 radical (unpaired) electrons. The van der Waals surface area contributed by atoms with E-state index in [-0.39, 0.29) is 17.4 Å². The first-order chi connectivity index (χ1) is 16.4. The molecule has 34 heavy (non-hydrogen) atoms. The van der Waals surface area contributed by atoms with E-state index in [0.29, 0.717) is 52.0 Å². The summed E-state index contributed by atoms with van der Waals surface area (Å²) in [6, 6.07) is 12.9. The Balaban J connectivity index is 1.38. The van der Waals surface area contributed by atoms with Gasteiger partial charge in [0.25, 0.3) is 11.8 Å². The number of halogens is 2.